The van der Waals surface area contributed by atoms with E-state index < -0.39 is 0 Å². The highest BCUT2D eigenvalue weighted by atomic mass is 35.5. The molecule has 1 aromatic carbocycles. The Morgan fingerprint density at radius 3 is 2.66 bits per heavy atom. The molecule has 8 heteroatoms. The largest absolute Gasteiger partial charge is 0.356 e. The first-order chi connectivity index (χ1) is 15.7. The van der Waals surface area contributed by atoms with Crippen molar-refractivity contribution in [3.63, 3.8) is 0 Å². The maximum absolute atomic E-state index is 13.2. The molecule has 0 spiro atoms. The summed E-state index contributed by atoms with van der Waals surface area (Å²) in [5.74, 6) is 2.34. The fourth-order valence-electron chi connectivity index (χ4n) is 4.59. The third kappa shape index (κ3) is 4.21. The van der Waals surface area contributed by atoms with Crippen molar-refractivity contribution < 1.29 is 4.79 Å². The second kappa shape index (κ2) is 9.28. The van der Waals surface area contributed by atoms with Gasteiger partial charge in [0.1, 0.15) is 11.6 Å². The van der Waals surface area contributed by atoms with Gasteiger partial charge in [0.2, 0.25) is 0 Å². The van der Waals surface area contributed by atoms with Crippen LogP contribution in [-0.4, -0.2) is 38.7 Å². The Morgan fingerprint density at radius 2 is 1.78 bits per heavy atom. The van der Waals surface area contributed by atoms with Crippen LogP contribution in [0.4, 0.5) is 11.5 Å². The molecule has 0 unspecified atom stereocenters. The second-order valence-electron chi connectivity index (χ2n) is 8.47. The number of amides is 1. The molecule has 7 nitrogen and oxygen atoms in total. The number of anilines is 2. The van der Waals surface area contributed by atoms with Crippen molar-refractivity contribution in [3.05, 3.63) is 52.9 Å². The van der Waals surface area contributed by atoms with Gasteiger partial charge in [-0.2, -0.15) is 0 Å². The van der Waals surface area contributed by atoms with Crippen LogP contribution in [0.25, 0.3) is 11.4 Å². The SMILES string of the molecule is O=C(Nc1ccc(Cl)c(-c2nnc3n2CCCCC3)c1)c1cccnc1N1CCCCC1. The molecule has 32 heavy (non-hydrogen) atoms. The lowest BCUT2D eigenvalue weighted by Gasteiger charge is -2.29. The van der Waals surface area contributed by atoms with E-state index in [0.29, 0.717) is 16.3 Å². The molecule has 4 heterocycles. The van der Waals surface area contributed by atoms with Crippen LogP contribution in [0, 0.1) is 0 Å². The predicted molar refractivity (Wildman–Crippen MR) is 126 cm³/mol. The number of fused-ring (bicyclic) bond motifs is 1. The van der Waals surface area contributed by atoms with E-state index in [4.69, 9.17) is 11.6 Å². The number of aryl methyl sites for hydroxylation is 1. The van der Waals surface area contributed by atoms with Gasteiger partial charge in [-0.15, -0.1) is 10.2 Å². The highest BCUT2D eigenvalue weighted by molar-refractivity contribution is 6.33. The molecule has 2 aliphatic rings. The van der Waals surface area contributed by atoms with E-state index in [1.807, 2.05) is 18.2 Å². The van der Waals surface area contributed by atoms with Gasteiger partial charge in [-0.1, -0.05) is 18.0 Å². The van der Waals surface area contributed by atoms with E-state index in [0.717, 1.165) is 74.8 Å². The average molecular weight is 451 g/mol. The smallest absolute Gasteiger partial charge is 0.259 e. The summed E-state index contributed by atoms with van der Waals surface area (Å²) in [5, 5.41) is 12.4. The third-order valence-corrected chi connectivity index (χ3v) is 6.59. The summed E-state index contributed by atoms with van der Waals surface area (Å²) in [6.45, 7) is 2.75. The van der Waals surface area contributed by atoms with Gasteiger partial charge in [0.15, 0.2) is 5.82 Å². The van der Waals surface area contributed by atoms with Crippen LogP contribution >= 0.6 is 11.6 Å². The predicted octanol–water partition coefficient (Wildman–Crippen LogP) is 4.96. The molecule has 0 atom stereocenters. The molecule has 0 radical (unpaired) electrons. The number of piperidine rings is 1. The van der Waals surface area contributed by atoms with Crippen molar-refractivity contribution in [3.8, 4) is 11.4 Å². The van der Waals surface area contributed by atoms with Gasteiger partial charge in [0.05, 0.1) is 10.6 Å². The molecule has 1 fully saturated rings. The Labute approximate surface area is 192 Å². The van der Waals surface area contributed by atoms with Crippen LogP contribution < -0.4 is 10.2 Å². The summed E-state index contributed by atoms with van der Waals surface area (Å²) in [7, 11) is 0. The first kappa shape index (κ1) is 20.9. The Bertz CT molecular complexity index is 1120. The minimum atomic E-state index is -0.174. The van der Waals surface area contributed by atoms with Crippen LogP contribution in [0.3, 0.4) is 0 Å². The zero-order chi connectivity index (χ0) is 21.9. The first-order valence-electron chi connectivity index (χ1n) is 11.4. The zero-order valence-electron chi connectivity index (χ0n) is 18.1. The summed E-state index contributed by atoms with van der Waals surface area (Å²) in [5.41, 5.74) is 2.05. The Hall–Kier alpha value is -2.93. The third-order valence-electron chi connectivity index (χ3n) is 6.26. The molecule has 0 aliphatic carbocycles. The van der Waals surface area contributed by atoms with Gasteiger partial charge < -0.3 is 14.8 Å². The van der Waals surface area contributed by atoms with Crippen LogP contribution in [-0.2, 0) is 13.0 Å². The van der Waals surface area contributed by atoms with Crippen molar-refractivity contribution in [1.82, 2.24) is 19.7 Å². The number of carbonyl (C=O) groups excluding carboxylic acids is 1. The fraction of sp³-hybridized carbons (Fsp3) is 0.417. The molecule has 2 aromatic heterocycles. The molecule has 1 saturated heterocycles. The van der Waals surface area contributed by atoms with Gasteiger partial charge in [-0.25, -0.2) is 4.98 Å². The summed E-state index contributed by atoms with van der Waals surface area (Å²) < 4.78 is 2.16. The Kier molecular flexibility index (Phi) is 6.08. The van der Waals surface area contributed by atoms with Crippen LogP contribution in [0.2, 0.25) is 5.02 Å². The number of nitrogens with one attached hydrogen (secondary N) is 1. The number of halogens is 1. The van der Waals surface area contributed by atoms with E-state index in [9.17, 15) is 4.79 Å². The Balaban J connectivity index is 1.42. The van der Waals surface area contributed by atoms with Crippen molar-refractivity contribution >= 4 is 29.0 Å². The highest BCUT2D eigenvalue weighted by Crippen LogP contribution is 2.32. The average Bonchev–Trinajstić information content (AvgIpc) is 3.08. The van der Waals surface area contributed by atoms with Crippen molar-refractivity contribution in [2.75, 3.05) is 23.3 Å². The number of hydrogen-bond donors (Lipinski definition) is 1. The second-order valence-corrected chi connectivity index (χ2v) is 8.88. The summed E-state index contributed by atoms with van der Waals surface area (Å²) in [6, 6.07) is 9.15. The molecule has 166 valence electrons. The monoisotopic (exact) mass is 450 g/mol. The van der Waals surface area contributed by atoms with Crippen LogP contribution in [0.1, 0.15) is 54.7 Å². The normalized spacial score (nSPS) is 16.3. The zero-order valence-corrected chi connectivity index (χ0v) is 18.8. The van der Waals surface area contributed by atoms with Gasteiger partial charge in [-0.3, -0.25) is 4.79 Å². The number of aromatic nitrogens is 4. The van der Waals surface area contributed by atoms with E-state index in [2.05, 4.69) is 30.0 Å². The molecular formula is C24H27ClN6O. The number of nitrogens with zero attached hydrogens (tertiary/aromatic N) is 5. The molecule has 2 aliphatic heterocycles. The van der Waals surface area contributed by atoms with Crippen LogP contribution in [0.15, 0.2) is 36.5 Å². The van der Waals surface area contributed by atoms with E-state index in [1.54, 1.807) is 18.3 Å². The van der Waals surface area contributed by atoms with Crippen molar-refractivity contribution in [2.45, 2.75) is 51.5 Å². The lowest BCUT2D eigenvalue weighted by atomic mass is 10.1. The Morgan fingerprint density at radius 1 is 0.969 bits per heavy atom. The summed E-state index contributed by atoms with van der Waals surface area (Å²) in [6.07, 6.45) is 9.59. The fourth-order valence-corrected chi connectivity index (χ4v) is 4.79. The van der Waals surface area contributed by atoms with Gasteiger partial charge in [0.25, 0.3) is 5.91 Å². The highest BCUT2D eigenvalue weighted by Gasteiger charge is 2.21. The van der Waals surface area contributed by atoms with Crippen molar-refractivity contribution in [1.29, 1.82) is 0 Å². The quantitative estimate of drug-likeness (QED) is 0.607. The number of carbonyl (C=O) groups is 1. The van der Waals surface area contributed by atoms with E-state index in [1.165, 1.54) is 12.8 Å². The topological polar surface area (TPSA) is 75.9 Å². The number of pyridine rings is 1. The molecule has 3 aromatic rings. The van der Waals surface area contributed by atoms with E-state index >= 15 is 0 Å². The van der Waals surface area contributed by atoms with Gasteiger partial charge >= 0.3 is 0 Å². The molecule has 5 rings (SSSR count). The molecule has 1 amide bonds. The molecule has 0 saturated carbocycles. The van der Waals surface area contributed by atoms with Gasteiger partial charge in [-0.05, 0) is 62.4 Å². The first-order valence-corrected chi connectivity index (χ1v) is 11.8. The van der Waals surface area contributed by atoms with Gasteiger partial charge in [0, 0.05) is 43.5 Å². The number of hydrogen-bond acceptors (Lipinski definition) is 5. The van der Waals surface area contributed by atoms with Crippen molar-refractivity contribution in [2.24, 2.45) is 0 Å². The molecular weight excluding hydrogens is 424 g/mol. The minimum Gasteiger partial charge on any atom is -0.356 e. The maximum atomic E-state index is 13.2. The lowest BCUT2D eigenvalue weighted by Crippen LogP contribution is -2.32. The van der Waals surface area contributed by atoms with Crippen LogP contribution in [0.5, 0.6) is 0 Å². The van der Waals surface area contributed by atoms with E-state index in [-0.39, 0.29) is 5.91 Å². The number of benzene rings is 1. The number of rotatable bonds is 4. The molecule has 0 bridgehead atoms. The molecule has 1 N–H and O–H groups in total. The lowest BCUT2D eigenvalue weighted by molar-refractivity contribution is 0.102. The standard InChI is InChI=1S/C24H27ClN6O/c25-20-11-10-17(16-19(20)23-29-28-21-9-3-1-6-15-31(21)23)27-24(32)18-8-7-12-26-22(18)30-13-4-2-5-14-30/h7-8,10-12,16H,1-6,9,13-15H2,(H,27,32). The summed E-state index contributed by atoms with van der Waals surface area (Å²) in [4.78, 5) is 19.9. The maximum Gasteiger partial charge on any atom is 0.259 e. The summed E-state index contributed by atoms with van der Waals surface area (Å²) >= 11 is 6.54. The minimum absolute atomic E-state index is 0.174.